The standard InChI is InChI=1S/C15H15N5O2/c1-9-7-10(2)20(19-9)14-8-13(16-11(3)21)17-15(18-14)12-5-4-6-22-12/h4-8H,1-3H3,(H,16,17,18,21). The van der Waals surface area contributed by atoms with Crippen LogP contribution in [0.5, 0.6) is 0 Å². The lowest BCUT2D eigenvalue weighted by molar-refractivity contribution is -0.114. The molecule has 0 aliphatic carbocycles. The van der Waals surface area contributed by atoms with Gasteiger partial charge in [0.25, 0.3) is 0 Å². The highest BCUT2D eigenvalue weighted by molar-refractivity contribution is 5.88. The second-order valence-electron chi connectivity index (χ2n) is 4.93. The molecule has 0 spiro atoms. The second-order valence-corrected chi connectivity index (χ2v) is 4.93. The Balaban J connectivity index is 2.14. The van der Waals surface area contributed by atoms with E-state index in [1.807, 2.05) is 19.9 Å². The second kappa shape index (κ2) is 5.44. The number of aryl methyl sites for hydroxylation is 2. The van der Waals surface area contributed by atoms with E-state index in [0.29, 0.717) is 23.2 Å². The number of hydrogen-bond donors (Lipinski definition) is 1. The highest BCUT2D eigenvalue weighted by atomic mass is 16.3. The smallest absolute Gasteiger partial charge is 0.222 e. The highest BCUT2D eigenvalue weighted by Crippen LogP contribution is 2.21. The Morgan fingerprint density at radius 2 is 2.09 bits per heavy atom. The fraction of sp³-hybridized carbons (Fsp3) is 0.200. The predicted octanol–water partition coefficient (Wildman–Crippen LogP) is 2.50. The molecule has 112 valence electrons. The minimum Gasteiger partial charge on any atom is -0.461 e. The lowest BCUT2D eigenvalue weighted by atomic mass is 10.4. The van der Waals surface area contributed by atoms with Crippen molar-refractivity contribution in [3.63, 3.8) is 0 Å². The third-order valence-electron chi connectivity index (χ3n) is 2.98. The number of furan rings is 1. The molecule has 0 saturated carbocycles. The molecule has 7 nitrogen and oxygen atoms in total. The van der Waals surface area contributed by atoms with Gasteiger partial charge in [-0.05, 0) is 32.0 Å². The van der Waals surface area contributed by atoms with Crippen molar-refractivity contribution in [1.82, 2.24) is 19.7 Å². The number of carbonyl (C=O) groups excluding carboxylic acids is 1. The van der Waals surface area contributed by atoms with Gasteiger partial charge < -0.3 is 9.73 Å². The summed E-state index contributed by atoms with van der Waals surface area (Å²) in [4.78, 5) is 20.1. The summed E-state index contributed by atoms with van der Waals surface area (Å²) in [6.45, 7) is 5.28. The van der Waals surface area contributed by atoms with Crippen LogP contribution in [0.2, 0.25) is 0 Å². The Hall–Kier alpha value is -2.96. The minimum absolute atomic E-state index is 0.205. The van der Waals surface area contributed by atoms with Crippen LogP contribution in [-0.2, 0) is 4.79 Å². The number of carbonyl (C=O) groups is 1. The van der Waals surface area contributed by atoms with Crippen molar-refractivity contribution in [2.45, 2.75) is 20.8 Å². The molecule has 3 heterocycles. The maximum absolute atomic E-state index is 11.3. The first-order valence-corrected chi connectivity index (χ1v) is 6.77. The van der Waals surface area contributed by atoms with Gasteiger partial charge in [-0.1, -0.05) is 0 Å². The van der Waals surface area contributed by atoms with Crippen molar-refractivity contribution < 1.29 is 9.21 Å². The first-order valence-electron chi connectivity index (χ1n) is 6.77. The van der Waals surface area contributed by atoms with Gasteiger partial charge in [-0.3, -0.25) is 4.79 Å². The van der Waals surface area contributed by atoms with Gasteiger partial charge in [-0.15, -0.1) is 0 Å². The van der Waals surface area contributed by atoms with Gasteiger partial charge in [0, 0.05) is 18.7 Å². The fourth-order valence-electron chi connectivity index (χ4n) is 2.16. The van der Waals surface area contributed by atoms with E-state index in [1.165, 1.54) is 6.92 Å². The van der Waals surface area contributed by atoms with Crippen molar-refractivity contribution in [3.8, 4) is 17.4 Å². The fourth-order valence-corrected chi connectivity index (χ4v) is 2.16. The van der Waals surface area contributed by atoms with E-state index in [2.05, 4.69) is 20.4 Å². The molecule has 1 amide bonds. The maximum atomic E-state index is 11.3. The van der Waals surface area contributed by atoms with E-state index in [0.717, 1.165) is 11.4 Å². The van der Waals surface area contributed by atoms with E-state index >= 15 is 0 Å². The Kier molecular flexibility index (Phi) is 3.46. The molecule has 0 bridgehead atoms. The SMILES string of the molecule is CC(=O)Nc1cc(-n2nc(C)cc2C)nc(-c2ccco2)n1. The molecular formula is C15H15N5O2. The van der Waals surface area contributed by atoms with E-state index in [1.54, 1.807) is 29.1 Å². The molecule has 0 unspecified atom stereocenters. The molecule has 0 atom stereocenters. The van der Waals surface area contributed by atoms with E-state index in [9.17, 15) is 4.79 Å². The Morgan fingerprint density at radius 1 is 1.27 bits per heavy atom. The quantitative estimate of drug-likeness (QED) is 0.802. The monoisotopic (exact) mass is 297 g/mol. The molecule has 0 aliphatic rings. The van der Waals surface area contributed by atoms with Gasteiger partial charge in [0.2, 0.25) is 5.91 Å². The van der Waals surface area contributed by atoms with Crippen LogP contribution in [0.15, 0.2) is 34.9 Å². The maximum Gasteiger partial charge on any atom is 0.222 e. The molecule has 0 aromatic carbocycles. The van der Waals surface area contributed by atoms with Gasteiger partial charge in [0.15, 0.2) is 17.4 Å². The highest BCUT2D eigenvalue weighted by Gasteiger charge is 2.13. The lowest BCUT2D eigenvalue weighted by Crippen LogP contribution is -2.11. The number of aromatic nitrogens is 4. The predicted molar refractivity (Wildman–Crippen MR) is 80.6 cm³/mol. The molecule has 0 fully saturated rings. The third-order valence-corrected chi connectivity index (χ3v) is 2.98. The minimum atomic E-state index is -0.205. The first kappa shape index (κ1) is 14.0. The largest absolute Gasteiger partial charge is 0.461 e. The summed E-state index contributed by atoms with van der Waals surface area (Å²) in [5, 5.41) is 7.08. The van der Waals surface area contributed by atoms with Gasteiger partial charge in [-0.2, -0.15) is 5.10 Å². The average molecular weight is 297 g/mol. The van der Waals surface area contributed by atoms with Crippen LogP contribution in [0, 0.1) is 13.8 Å². The van der Waals surface area contributed by atoms with Crippen LogP contribution >= 0.6 is 0 Å². The zero-order valence-electron chi connectivity index (χ0n) is 12.5. The summed E-state index contributed by atoms with van der Waals surface area (Å²) in [5.41, 5.74) is 1.83. The average Bonchev–Trinajstić information content (AvgIpc) is 3.07. The molecule has 0 aliphatic heterocycles. The van der Waals surface area contributed by atoms with Crippen LogP contribution in [0.1, 0.15) is 18.3 Å². The summed E-state index contributed by atoms with van der Waals surface area (Å²) in [6.07, 6.45) is 1.55. The van der Waals surface area contributed by atoms with Crippen LogP contribution in [0.4, 0.5) is 5.82 Å². The molecular weight excluding hydrogens is 282 g/mol. The summed E-state index contributed by atoms with van der Waals surface area (Å²) in [5.74, 6) is 1.67. The number of rotatable bonds is 3. The lowest BCUT2D eigenvalue weighted by Gasteiger charge is -2.08. The molecule has 3 aromatic heterocycles. The van der Waals surface area contributed by atoms with Crippen LogP contribution in [0.25, 0.3) is 17.4 Å². The third kappa shape index (κ3) is 2.73. The van der Waals surface area contributed by atoms with Gasteiger partial charge in [0.1, 0.15) is 5.82 Å². The van der Waals surface area contributed by atoms with Gasteiger partial charge in [-0.25, -0.2) is 14.6 Å². The molecule has 3 aromatic rings. The zero-order chi connectivity index (χ0) is 15.7. The van der Waals surface area contributed by atoms with Gasteiger partial charge >= 0.3 is 0 Å². The van der Waals surface area contributed by atoms with Gasteiger partial charge in [0.05, 0.1) is 12.0 Å². The normalized spacial score (nSPS) is 10.7. The molecule has 7 heteroatoms. The van der Waals surface area contributed by atoms with Crippen molar-refractivity contribution in [2.75, 3.05) is 5.32 Å². The van der Waals surface area contributed by atoms with E-state index in [4.69, 9.17) is 4.42 Å². The van der Waals surface area contributed by atoms with Crippen molar-refractivity contribution in [1.29, 1.82) is 0 Å². The molecule has 0 radical (unpaired) electrons. The zero-order valence-corrected chi connectivity index (χ0v) is 12.5. The number of hydrogen-bond acceptors (Lipinski definition) is 5. The Morgan fingerprint density at radius 3 is 2.68 bits per heavy atom. The van der Waals surface area contributed by atoms with Crippen LogP contribution in [-0.4, -0.2) is 25.7 Å². The number of anilines is 1. The summed E-state index contributed by atoms with van der Waals surface area (Å²) < 4.78 is 7.04. The van der Waals surface area contributed by atoms with E-state index < -0.39 is 0 Å². The van der Waals surface area contributed by atoms with Crippen LogP contribution < -0.4 is 5.32 Å². The number of amides is 1. The van der Waals surface area contributed by atoms with Crippen molar-refractivity contribution >= 4 is 11.7 Å². The van der Waals surface area contributed by atoms with Crippen molar-refractivity contribution in [3.05, 3.63) is 41.9 Å². The number of nitrogens with one attached hydrogen (secondary N) is 1. The number of nitrogens with zero attached hydrogens (tertiary/aromatic N) is 4. The first-order chi connectivity index (χ1) is 10.5. The molecule has 22 heavy (non-hydrogen) atoms. The van der Waals surface area contributed by atoms with Crippen molar-refractivity contribution in [2.24, 2.45) is 0 Å². The summed E-state index contributed by atoms with van der Waals surface area (Å²) in [6, 6.07) is 7.14. The topological polar surface area (TPSA) is 85.8 Å². The Bertz CT molecular complexity index is 821. The summed E-state index contributed by atoms with van der Waals surface area (Å²) >= 11 is 0. The molecule has 3 rings (SSSR count). The summed E-state index contributed by atoms with van der Waals surface area (Å²) in [7, 11) is 0. The molecule has 0 saturated heterocycles. The van der Waals surface area contributed by atoms with Crippen LogP contribution in [0.3, 0.4) is 0 Å². The van der Waals surface area contributed by atoms with E-state index in [-0.39, 0.29) is 5.91 Å². The Labute approximate surface area is 127 Å². The molecule has 1 N–H and O–H groups in total.